The summed E-state index contributed by atoms with van der Waals surface area (Å²) in [6.45, 7) is 4.75. The number of carbonyl (C=O) groups is 1. The molecule has 1 aliphatic heterocycles. The average molecular weight is 301 g/mol. The number of hydrogen-bond acceptors (Lipinski definition) is 4. The largest absolute Gasteiger partial charge is 0.444 e. The first-order valence-corrected chi connectivity index (χ1v) is 7.30. The van der Waals surface area contributed by atoms with Gasteiger partial charge < -0.3 is 19.7 Å². The number of nitrogens with zero attached hydrogens (tertiary/aromatic N) is 2. The van der Waals surface area contributed by atoms with E-state index in [1.54, 1.807) is 11.2 Å². The van der Waals surface area contributed by atoms with Crippen LogP contribution in [-0.2, 0) is 0 Å². The van der Waals surface area contributed by atoms with Gasteiger partial charge in [-0.05, 0) is 38.0 Å². The average Bonchev–Trinajstić information content (AvgIpc) is 3.10. The molecule has 1 aromatic carbocycles. The second-order valence-electron chi connectivity index (χ2n) is 5.64. The summed E-state index contributed by atoms with van der Waals surface area (Å²) in [6, 6.07) is 5.49. The first kappa shape index (κ1) is 14.6. The zero-order chi connectivity index (χ0) is 15.7. The second kappa shape index (κ2) is 5.81. The Kier molecular flexibility index (Phi) is 3.85. The SMILES string of the molecule is Cc1coc(-c2ccc(C)c(NC(=O)N3CC[C@@H](O)C3)c2)n1. The molecule has 2 heterocycles. The van der Waals surface area contributed by atoms with E-state index in [1.807, 2.05) is 32.0 Å². The van der Waals surface area contributed by atoms with Crippen LogP contribution in [0.4, 0.5) is 10.5 Å². The van der Waals surface area contributed by atoms with Crippen molar-refractivity contribution in [1.29, 1.82) is 0 Å². The Balaban J connectivity index is 1.79. The number of aryl methyl sites for hydroxylation is 2. The van der Waals surface area contributed by atoms with Gasteiger partial charge in [0, 0.05) is 24.3 Å². The Bertz CT molecular complexity index is 696. The molecule has 2 amide bonds. The lowest BCUT2D eigenvalue weighted by atomic mass is 10.1. The summed E-state index contributed by atoms with van der Waals surface area (Å²) in [5.74, 6) is 0.532. The number of nitrogens with one attached hydrogen (secondary N) is 1. The van der Waals surface area contributed by atoms with Crippen LogP contribution in [-0.4, -0.2) is 40.2 Å². The van der Waals surface area contributed by atoms with E-state index in [2.05, 4.69) is 10.3 Å². The van der Waals surface area contributed by atoms with Crippen LogP contribution in [0.2, 0.25) is 0 Å². The number of benzene rings is 1. The lowest BCUT2D eigenvalue weighted by Crippen LogP contribution is -2.33. The number of oxazole rings is 1. The van der Waals surface area contributed by atoms with Crippen molar-refractivity contribution in [2.24, 2.45) is 0 Å². The number of carbonyl (C=O) groups excluding carboxylic acids is 1. The van der Waals surface area contributed by atoms with E-state index in [-0.39, 0.29) is 6.03 Å². The van der Waals surface area contributed by atoms with Gasteiger partial charge in [0.2, 0.25) is 5.89 Å². The van der Waals surface area contributed by atoms with Gasteiger partial charge in [-0.3, -0.25) is 0 Å². The number of amides is 2. The third kappa shape index (κ3) is 2.96. The van der Waals surface area contributed by atoms with Gasteiger partial charge in [-0.2, -0.15) is 0 Å². The van der Waals surface area contributed by atoms with Crippen molar-refractivity contribution < 1.29 is 14.3 Å². The lowest BCUT2D eigenvalue weighted by molar-refractivity contribution is 0.176. The summed E-state index contributed by atoms with van der Waals surface area (Å²) in [5.41, 5.74) is 3.31. The van der Waals surface area contributed by atoms with Gasteiger partial charge >= 0.3 is 6.03 Å². The molecule has 6 nitrogen and oxygen atoms in total. The predicted molar refractivity (Wildman–Crippen MR) is 82.6 cm³/mol. The van der Waals surface area contributed by atoms with Crippen LogP contribution in [0.3, 0.4) is 0 Å². The molecule has 116 valence electrons. The van der Waals surface area contributed by atoms with E-state index in [4.69, 9.17) is 4.42 Å². The number of hydrogen-bond donors (Lipinski definition) is 2. The summed E-state index contributed by atoms with van der Waals surface area (Å²) in [6.07, 6.45) is 1.80. The number of rotatable bonds is 2. The molecule has 3 rings (SSSR count). The molecule has 2 N–H and O–H groups in total. The highest BCUT2D eigenvalue weighted by molar-refractivity contribution is 5.91. The van der Waals surface area contributed by atoms with Gasteiger partial charge in [0.25, 0.3) is 0 Å². The van der Waals surface area contributed by atoms with Crippen LogP contribution in [0.1, 0.15) is 17.7 Å². The number of aliphatic hydroxyl groups is 1. The van der Waals surface area contributed by atoms with Crippen LogP contribution < -0.4 is 5.32 Å². The summed E-state index contributed by atoms with van der Waals surface area (Å²) in [4.78, 5) is 18.1. The van der Waals surface area contributed by atoms with E-state index in [0.717, 1.165) is 22.5 Å². The Morgan fingerprint density at radius 3 is 2.91 bits per heavy atom. The molecular weight excluding hydrogens is 282 g/mol. The van der Waals surface area contributed by atoms with Crippen LogP contribution in [0, 0.1) is 13.8 Å². The first-order chi connectivity index (χ1) is 10.5. The number of aliphatic hydroxyl groups excluding tert-OH is 1. The fourth-order valence-corrected chi connectivity index (χ4v) is 2.50. The normalized spacial score (nSPS) is 17.8. The van der Waals surface area contributed by atoms with Gasteiger partial charge in [0.1, 0.15) is 6.26 Å². The van der Waals surface area contributed by atoms with Crippen LogP contribution in [0.5, 0.6) is 0 Å². The quantitative estimate of drug-likeness (QED) is 0.893. The molecule has 2 aromatic rings. The predicted octanol–water partition coefficient (Wildman–Crippen LogP) is 2.56. The molecular formula is C16H19N3O3. The monoisotopic (exact) mass is 301 g/mol. The van der Waals surface area contributed by atoms with Gasteiger partial charge in [0.05, 0.1) is 11.8 Å². The maximum atomic E-state index is 12.2. The fraction of sp³-hybridized carbons (Fsp3) is 0.375. The van der Waals surface area contributed by atoms with Crippen molar-refractivity contribution in [3.63, 3.8) is 0 Å². The second-order valence-corrected chi connectivity index (χ2v) is 5.64. The van der Waals surface area contributed by atoms with Gasteiger partial charge in [-0.1, -0.05) is 6.07 Å². The molecule has 1 fully saturated rings. The summed E-state index contributed by atoms with van der Waals surface area (Å²) < 4.78 is 5.40. The molecule has 6 heteroatoms. The number of likely N-dealkylation sites (tertiary alicyclic amines) is 1. The van der Waals surface area contributed by atoms with Crippen LogP contribution >= 0.6 is 0 Å². The summed E-state index contributed by atoms with van der Waals surface area (Å²) in [5, 5.41) is 12.4. The minimum atomic E-state index is -0.423. The van der Waals surface area contributed by atoms with Crippen molar-refractivity contribution in [2.45, 2.75) is 26.4 Å². The highest BCUT2D eigenvalue weighted by Gasteiger charge is 2.24. The standard InChI is InChI=1S/C16H19N3O3/c1-10-3-4-12(15-17-11(2)9-22-15)7-14(10)18-16(21)19-6-5-13(20)8-19/h3-4,7,9,13,20H,5-6,8H2,1-2H3,(H,18,21)/t13-/m1/s1. The smallest absolute Gasteiger partial charge is 0.321 e. The number of aromatic nitrogens is 1. The minimum Gasteiger partial charge on any atom is -0.444 e. The molecule has 0 bridgehead atoms. The Morgan fingerprint density at radius 2 is 2.27 bits per heavy atom. The highest BCUT2D eigenvalue weighted by atomic mass is 16.3. The van der Waals surface area contributed by atoms with Crippen molar-refractivity contribution in [1.82, 2.24) is 9.88 Å². The van der Waals surface area contributed by atoms with E-state index < -0.39 is 6.10 Å². The van der Waals surface area contributed by atoms with E-state index in [1.165, 1.54) is 0 Å². The Labute approximate surface area is 128 Å². The summed E-state index contributed by atoms with van der Waals surface area (Å²) >= 11 is 0. The Morgan fingerprint density at radius 1 is 1.45 bits per heavy atom. The topological polar surface area (TPSA) is 78.6 Å². The molecule has 0 saturated carbocycles. The molecule has 0 unspecified atom stereocenters. The molecule has 0 spiro atoms. The van der Waals surface area contributed by atoms with E-state index in [9.17, 15) is 9.90 Å². The van der Waals surface area contributed by atoms with E-state index >= 15 is 0 Å². The zero-order valence-corrected chi connectivity index (χ0v) is 12.7. The fourth-order valence-electron chi connectivity index (χ4n) is 2.50. The number of urea groups is 1. The molecule has 1 aromatic heterocycles. The summed E-state index contributed by atoms with van der Waals surface area (Å²) in [7, 11) is 0. The van der Waals surface area contributed by atoms with E-state index in [0.29, 0.717) is 25.4 Å². The third-order valence-corrected chi connectivity index (χ3v) is 3.80. The molecule has 0 radical (unpaired) electrons. The maximum absolute atomic E-state index is 12.2. The molecule has 1 aliphatic rings. The van der Waals surface area contributed by atoms with Crippen molar-refractivity contribution in [3.8, 4) is 11.5 Å². The van der Waals surface area contributed by atoms with Gasteiger partial charge in [-0.15, -0.1) is 0 Å². The van der Waals surface area contributed by atoms with Crippen molar-refractivity contribution >= 4 is 11.7 Å². The first-order valence-electron chi connectivity index (χ1n) is 7.30. The number of β-amino-alcohol motifs (C(OH)–C–C–N with tert-alkyl or cyclic N) is 1. The van der Waals surface area contributed by atoms with Crippen molar-refractivity contribution in [3.05, 3.63) is 35.7 Å². The van der Waals surface area contributed by atoms with Crippen molar-refractivity contribution in [2.75, 3.05) is 18.4 Å². The number of anilines is 1. The minimum absolute atomic E-state index is 0.194. The van der Waals surface area contributed by atoms with Crippen LogP contribution in [0.25, 0.3) is 11.5 Å². The molecule has 1 saturated heterocycles. The van der Waals surface area contributed by atoms with Gasteiger partial charge in [-0.25, -0.2) is 9.78 Å². The third-order valence-electron chi connectivity index (χ3n) is 3.80. The van der Waals surface area contributed by atoms with Gasteiger partial charge in [0.15, 0.2) is 0 Å². The Hall–Kier alpha value is -2.34. The van der Waals surface area contributed by atoms with Crippen LogP contribution in [0.15, 0.2) is 28.9 Å². The highest BCUT2D eigenvalue weighted by Crippen LogP contribution is 2.25. The molecule has 22 heavy (non-hydrogen) atoms. The molecule has 1 atom stereocenters. The zero-order valence-electron chi connectivity index (χ0n) is 12.7. The lowest BCUT2D eigenvalue weighted by Gasteiger charge is -2.17. The molecule has 0 aliphatic carbocycles. The maximum Gasteiger partial charge on any atom is 0.321 e.